The van der Waals surface area contributed by atoms with Gasteiger partial charge in [-0.05, 0) is 35.4 Å². The molecule has 30 heavy (non-hydrogen) atoms. The van der Waals surface area contributed by atoms with Gasteiger partial charge in [0, 0.05) is 21.2 Å². The van der Waals surface area contributed by atoms with Gasteiger partial charge in [0.1, 0.15) is 18.2 Å². The van der Waals surface area contributed by atoms with Crippen molar-refractivity contribution >= 4 is 15.9 Å². The minimum absolute atomic E-state index is 0.00538. The van der Waals surface area contributed by atoms with Crippen LogP contribution in [0.25, 0.3) is 22.3 Å². The molecule has 0 aliphatic heterocycles. The maximum Gasteiger partial charge on any atom is 0.167 e. The zero-order valence-corrected chi connectivity index (χ0v) is 17.3. The first-order valence-corrected chi connectivity index (χ1v) is 10.0. The van der Waals surface area contributed by atoms with Crippen LogP contribution in [0.15, 0.2) is 89.4 Å². The van der Waals surface area contributed by atoms with Crippen molar-refractivity contribution in [3.8, 4) is 28.0 Å². The summed E-state index contributed by atoms with van der Waals surface area (Å²) in [5.74, 6) is -2.11. The van der Waals surface area contributed by atoms with Gasteiger partial charge >= 0.3 is 0 Å². The summed E-state index contributed by atoms with van der Waals surface area (Å²) < 4.78 is 49.9. The highest BCUT2D eigenvalue weighted by molar-refractivity contribution is 9.10. The van der Waals surface area contributed by atoms with E-state index >= 15 is 0 Å². The molecule has 0 aliphatic carbocycles. The Kier molecular flexibility index (Phi) is 5.91. The summed E-state index contributed by atoms with van der Waals surface area (Å²) in [5.41, 5.74) is 1.52. The smallest absolute Gasteiger partial charge is 0.167 e. The average Bonchev–Trinajstić information content (AvgIpc) is 2.76. The van der Waals surface area contributed by atoms with Crippen molar-refractivity contribution < 1.29 is 17.9 Å². The third kappa shape index (κ3) is 4.26. The van der Waals surface area contributed by atoms with E-state index in [2.05, 4.69) is 15.9 Å². The van der Waals surface area contributed by atoms with Gasteiger partial charge < -0.3 is 4.74 Å². The second-order valence-electron chi connectivity index (χ2n) is 6.71. The normalized spacial score (nSPS) is 10.8. The Morgan fingerprint density at radius 1 is 0.667 bits per heavy atom. The summed E-state index contributed by atoms with van der Waals surface area (Å²) in [6, 6.07) is 23.5. The van der Waals surface area contributed by atoms with E-state index in [-0.39, 0.29) is 16.7 Å². The molecular formula is C25H16BrF3O. The van der Waals surface area contributed by atoms with Crippen LogP contribution in [0, 0.1) is 17.5 Å². The first kappa shape index (κ1) is 20.2. The van der Waals surface area contributed by atoms with Crippen LogP contribution in [0.4, 0.5) is 13.2 Å². The summed E-state index contributed by atoms with van der Waals surface area (Å²) >= 11 is 3.16. The molecular weight excluding hydrogens is 453 g/mol. The van der Waals surface area contributed by atoms with E-state index in [1.807, 2.05) is 30.3 Å². The minimum atomic E-state index is -1.09. The fourth-order valence-electron chi connectivity index (χ4n) is 3.16. The SMILES string of the molecule is Fc1cc(Br)ccc1-c1ccc(-c2ccc(OCc3ccccc3)cc2)c(F)c1F. The van der Waals surface area contributed by atoms with Crippen LogP contribution in [-0.2, 0) is 6.61 Å². The van der Waals surface area contributed by atoms with E-state index < -0.39 is 17.5 Å². The van der Waals surface area contributed by atoms with Gasteiger partial charge in [-0.2, -0.15) is 0 Å². The maximum atomic E-state index is 14.8. The number of hydrogen-bond donors (Lipinski definition) is 0. The number of hydrogen-bond acceptors (Lipinski definition) is 1. The van der Waals surface area contributed by atoms with Gasteiger partial charge in [-0.1, -0.05) is 76.6 Å². The fraction of sp³-hybridized carbons (Fsp3) is 0.0400. The average molecular weight is 469 g/mol. The van der Waals surface area contributed by atoms with E-state index in [0.717, 1.165) is 5.56 Å². The predicted molar refractivity (Wildman–Crippen MR) is 116 cm³/mol. The molecule has 4 aromatic carbocycles. The second kappa shape index (κ2) is 8.76. The summed E-state index contributed by atoms with van der Waals surface area (Å²) in [5, 5.41) is 0. The highest BCUT2D eigenvalue weighted by Gasteiger charge is 2.18. The molecule has 150 valence electrons. The second-order valence-corrected chi connectivity index (χ2v) is 7.63. The van der Waals surface area contributed by atoms with Gasteiger partial charge in [-0.25, -0.2) is 13.2 Å². The summed E-state index contributed by atoms with van der Waals surface area (Å²) in [7, 11) is 0. The minimum Gasteiger partial charge on any atom is -0.489 e. The van der Waals surface area contributed by atoms with Crippen LogP contribution < -0.4 is 4.74 Å². The van der Waals surface area contributed by atoms with Crippen molar-refractivity contribution in [2.75, 3.05) is 0 Å². The van der Waals surface area contributed by atoms with E-state index in [4.69, 9.17) is 4.74 Å². The monoisotopic (exact) mass is 468 g/mol. The lowest BCUT2D eigenvalue weighted by Crippen LogP contribution is -1.97. The molecule has 0 bridgehead atoms. The molecule has 0 radical (unpaired) electrons. The van der Waals surface area contributed by atoms with Crippen LogP contribution in [0.2, 0.25) is 0 Å². The summed E-state index contributed by atoms with van der Waals surface area (Å²) in [6.45, 7) is 0.413. The van der Waals surface area contributed by atoms with Crippen LogP contribution >= 0.6 is 15.9 Å². The summed E-state index contributed by atoms with van der Waals surface area (Å²) in [6.07, 6.45) is 0. The van der Waals surface area contributed by atoms with Crippen molar-refractivity contribution in [3.63, 3.8) is 0 Å². The van der Waals surface area contributed by atoms with E-state index in [0.29, 0.717) is 22.4 Å². The molecule has 0 saturated heterocycles. The standard InChI is InChI=1S/C25H16BrF3O/c26-18-8-11-21(23(27)14-18)22-13-12-20(24(28)25(22)29)17-6-9-19(10-7-17)30-15-16-4-2-1-3-5-16/h1-14H,15H2. The van der Waals surface area contributed by atoms with Gasteiger partial charge in [-0.15, -0.1) is 0 Å². The number of halogens is 4. The third-order valence-electron chi connectivity index (χ3n) is 4.72. The Balaban J connectivity index is 1.57. The molecule has 0 saturated carbocycles. The van der Waals surface area contributed by atoms with Crippen molar-refractivity contribution in [3.05, 3.63) is 112 Å². The van der Waals surface area contributed by atoms with E-state index in [9.17, 15) is 13.2 Å². The molecule has 0 aliphatic rings. The Morgan fingerprint density at radius 2 is 1.30 bits per heavy atom. The topological polar surface area (TPSA) is 9.23 Å². The largest absolute Gasteiger partial charge is 0.489 e. The molecule has 1 nitrogen and oxygen atoms in total. The quantitative estimate of drug-likeness (QED) is 0.290. The van der Waals surface area contributed by atoms with Crippen molar-refractivity contribution in [1.29, 1.82) is 0 Å². The highest BCUT2D eigenvalue weighted by Crippen LogP contribution is 2.34. The molecule has 0 spiro atoms. The predicted octanol–water partition coefficient (Wildman–Crippen LogP) is 7.78. The first-order chi connectivity index (χ1) is 14.5. The lowest BCUT2D eigenvalue weighted by molar-refractivity contribution is 0.306. The molecule has 0 unspecified atom stereocenters. The molecule has 0 heterocycles. The van der Waals surface area contributed by atoms with Gasteiger partial charge in [0.15, 0.2) is 11.6 Å². The molecule has 0 amide bonds. The summed E-state index contributed by atoms with van der Waals surface area (Å²) in [4.78, 5) is 0. The Labute approximate surface area is 180 Å². The van der Waals surface area contributed by atoms with Gasteiger partial charge in [0.05, 0.1) is 0 Å². The van der Waals surface area contributed by atoms with Gasteiger partial charge in [0.2, 0.25) is 0 Å². The van der Waals surface area contributed by atoms with Crippen molar-refractivity contribution in [1.82, 2.24) is 0 Å². The van der Waals surface area contributed by atoms with Crippen LogP contribution in [0.3, 0.4) is 0 Å². The fourth-order valence-corrected chi connectivity index (χ4v) is 3.49. The number of benzene rings is 4. The molecule has 0 N–H and O–H groups in total. The zero-order chi connectivity index (χ0) is 21.1. The van der Waals surface area contributed by atoms with E-state index in [1.54, 1.807) is 30.3 Å². The molecule has 5 heteroatoms. The van der Waals surface area contributed by atoms with Crippen molar-refractivity contribution in [2.24, 2.45) is 0 Å². The van der Waals surface area contributed by atoms with Crippen molar-refractivity contribution in [2.45, 2.75) is 6.61 Å². The van der Waals surface area contributed by atoms with Crippen LogP contribution in [0.1, 0.15) is 5.56 Å². The van der Waals surface area contributed by atoms with Crippen LogP contribution in [-0.4, -0.2) is 0 Å². The Bertz CT molecular complexity index is 1180. The molecule has 0 atom stereocenters. The third-order valence-corrected chi connectivity index (χ3v) is 5.21. The zero-order valence-electron chi connectivity index (χ0n) is 15.7. The van der Waals surface area contributed by atoms with Crippen LogP contribution in [0.5, 0.6) is 5.75 Å². The molecule has 4 rings (SSSR count). The number of rotatable bonds is 5. The Hall–Kier alpha value is -3.05. The first-order valence-electron chi connectivity index (χ1n) is 9.23. The van der Waals surface area contributed by atoms with Gasteiger partial charge in [0.25, 0.3) is 0 Å². The maximum absolute atomic E-state index is 14.8. The lowest BCUT2D eigenvalue weighted by atomic mass is 9.98. The molecule has 0 fully saturated rings. The Morgan fingerprint density at radius 3 is 2.00 bits per heavy atom. The highest BCUT2D eigenvalue weighted by atomic mass is 79.9. The van der Waals surface area contributed by atoms with Gasteiger partial charge in [-0.3, -0.25) is 0 Å². The number of ether oxygens (including phenoxy) is 1. The lowest BCUT2D eigenvalue weighted by Gasteiger charge is -2.11. The van der Waals surface area contributed by atoms with E-state index in [1.165, 1.54) is 24.3 Å². The molecule has 4 aromatic rings. The molecule has 0 aromatic heterocycles.